The summed E-state index contributed by atoms with van der Waals surface area (Å²) >= 11 is 0. The summed E-state index contributed by atoms with van der Waals surface area (Å²) in [5.41, 5.74) is 28.7. The summed E-state index contributed by atoms with van der Waals surface area (Å²) < 4.78 is 1.33. The number of ketones is 1. The largest absolute Gasteiger partial charge is 0.389 e. The highest BCUT2D eigenvalue weighted by Crippen LogP contribution is 2.21. The number of nitrogens with two attached hydrogens (primary N) is 5. The summed E-state index contributed by atoms with van der Waals surface area (Å²) in [5.74, 6) is -7.54. The summed E-state index contributed by atoms with van der Waals surface area (Å²) in [7, 11) is 1.48. The third-order valence-corrected chi connectivity index (χ3v) is 12.5. The molecule has 1 saturated heterocycles. The molecule has 26 nitrogen and oxygen atoms in total. The van der Waals surface area contributed by atoms with Gasteiger partial charge in [-0.05, 0) is 67.5 Å². The molecule has 2 heterocycles. The van der Waals surface area contributed by atoms with Gasteiger partial charge in [-0.3, -0.25) is 43.3 Å². The molecule has 1 fully saturated rings. The van der Waals surface area contributed by atoms with E-state index in [2.05, 4.69) is 47.5 Å². The van der Waals surface area contributed by atoms with Gasteiger partial charge >= 0.3 is 0 Å². The van der Waals surface area contributed by atoms with E-state index in [1.54, 1.807) is 0 Å². The monoisotopic (exact) mass is 1060 g/mol. The molecule has 0 radical (unpaired) electrons. The first-order valence-electron chi connectivity index (χ1n) is 25.0. The van der Waals surface area contributed by atoms with Gasteiger partial charge in [0.15, 0.2) is 11.7 Å². The molecule has 2 aromatic carbocycles. The van der Waals surface area contributed by atoms with Gasteiger partial charge in [-0.2, -0.15) is 0 Å². The number of allylic oxidation sites excluding steroid dienone is 1. The maximum absolute atomic E-state index is 14.3. The van der Waals surface area contributed by atoms with Crippen molar-refractivity contribution in [3.8, 4) is 0 Å². The standard InChI is InChI=1S/C50H75N15O11/c1-5-32-43(70)61-34(15-16-51)45(72)59-30(18-26(2)3)23-57-33(14-9-17-56-50(54)55)44(71)62-41(38(68)22-53)49(76)64-40(37(67)21-52)47(74)58-24-39(69)42(48(75)60-32)63-46(73)35-19-29(25-65(35)4)36(66)20-28-12-8-11-27-10-6-7-13-31(27)28/h5-8,10-13,19,25-26,30,33-34,37-42,57,67-69H,9,14-18,20-24,51-53H2,1-4H3,(H,58,74)(H,59,72)(H,60,75)(H,61,70)(H,62,71)(H,63,73)(H,64,76)(H4,54,55,56)/b32-5-/t30-,33-,34-,37?,38?,39?,40?,41?,42?/m0/s1. The number of β-amino-alcohol motifs (C(OH)–C–C–N with tert-alkyl or cyclic N) is 1. The van der Waals surface area contributed by atoms with Crippen molar-refractivity contribution >= 4 is 63.9 Å². The van der Waals surface area contributed by atoms with Crippen molar-refractivity contribution in [2.24, 2.45) is 46.6 Å². The lowest BCUT2D eigenvalue weighted by Crippen LogP contribution is -2.64. The van der Waals surface area contributed by atoms with E-state index in [0.29, 0.717) is 6.42 Å². The van der Waals surface area contributed by atoms with Crippen molar-refractivity contribution in [1.29, 1.82) is 0 Å². The number of amides is 7. The third kappa shape index (κ3) is 17.6. The molecule has 1 aliphatic rings. The van der Waals surface area contributed by atoms with Crippen LogP contribution in [0.2, 0.25) is 0 Å². The molecule has 76 heavy (non-hydrogen) atoms. The molecule has 416 valence electrons. The van der Waals surface area contributed by atoms with Crippen LogP contribution in [0.5, 0.6) is 0 Å². The average Bonchev–Trinajstić information content (AvgIpc) is 3.79. The van der Waals surface area contributed by atoms with Gasteiger partial charge in [0.25, 0.3) is 11.8 Å². The van der Waals surface area contributed by atoms with Crippen molar-refractivity contribution < 1.29 is 53.7 Å². The number of aryl methyl sites for hydroxylation is 1. The zero-order valence-electron chi connectivity index (χ0n) is 43.2. The van der Waals surface area contributed by atoms with Crippen molar-refractivity contribution in [3.05, 3.63) is 83.3 Å². The Morgan fingerprint density at radius 3 is 2.12 bits per heavy atom. The molecular weight excluding hydrogens is 987 g/mol. The maximum atomic E-state index is 14.3. The molecule has 7 amide bonds. The molecular formula is C50H75N15O11. The number of aromatic nitrogens is 1. The lowest BCUT2D eigenvalue weighted by Gasteiger charge is -2.30. The van der Waals surface area contributed by atoms with Gasteiger partial charge in [-0.1, -0.05) is 62.4 Å². The van der Waals surface area contributed by atoms with Crippen LogP contribution in [-0.2, 0) is 42.2 Å². The van der Waals surface area contributed by atoms with Gasteiger partial charge in [0.2, 0.25) is 29.5 Å². The second-order valence-electron chi connectivity index (χ2n) is 18.8. The molecule has 6 unspecified atom stereocenters. The van der Waals surface area contributed by atoms with Crippen molar-refractivity contribution in [3.63, 3.8) is 0 Å². The summed E-state index contributed by atoms with van der Waals surface area (Å²) in [5, 5.41) is 55.8. The van der Waals surface area contributed by atoms with Gasteiger partial charge in [0.05, 0.1) is 18.2 Å². The summed E-state index contributed by atoms with van der Waals surface area (Å²) in [4.78, 5) is 116. The van der Waals surface area contributed by atoms with E-state index < -0.39 is 121 Å². The number of Topliss-reactive ketones (excluding diaryl/α,β-unsaturated/α-hetero) is 1. The molecule has 0 spiro atoms. The minimum atomic E-state index is -2.04. The van der Waals surface area contributed by atoms with E-state index in [1.165, 1.54) is 36.9 Å². The Morgan fingerprint density at radius 1 is 0.829 bits per heavy atom. The predicted octanol–water partition coefficient (Wildman–Crippen LogP) is -4.80. The number of hydrogen-bond donors (Lipinski definition) is 16. The van der Waals surface area contributed by atoms with Crippen molar-refractivity contribution in [2.75, 3.05) is 39.3 Å². The van der Waals surface area contributed by atoms with Crippen LogP contribution in [0.1, 0.15) is 72.9 Å². The molecule has 4 rings (SSSR count). The number of nitrogens with one attached hydrogen (secondary N) is 8. The Hall–Kier alpha value is -7.33. The number of aliphatic imine (C=N–C) groups is 1. The number of aliphatic hydroxyl groups excluding tert-OH is 3. The zero-order valence-corrected chi connectivity index (χ0v) is 43.2. The fraction of sp³-hybridized carbons (Fsp3) is 0.500. The van der Waals surface area contributed by atoms with E-state index in [4.69, 9.17) is 28.7 Å². The third-order valence-electron chi connectivity index (χ3n) is 12.5. The lowest BCUT2D eigenvalue weighted by atomic mass is 9.98. The molecule has 0 saturated carbocycles. The first-order valence-corrected chi connectivity index (χ1v) is 25.0. The minimum absolute atomic E-state index is 0.0138. The van der Waals surface area contributed by atoms with Crippen LogP contribution in [0.3, 0.4) is 0 Å². The highest BCUT2D eigenvalue weighted by Gasteiger charge is 2.38. The van der Waals surface area contributed by atoms with Crippen LogP contribution in [-0.4, -0.2) is 167 Å². The number of carbonyl (C=O) groups is 8. The van der Waals surface area contributed by atoms with Gasteiger partial charge in [-0.15, -0.1) is 0 Å². The molecule has 1 aromatic heterocycles. The second-order valence-corrected chi connectivity index (χ2v) is 18.8. The van der Waals surface area contributed by atoms with Crippen LogP contribution < -0.4 is 71.2 Å². The van der Waals surface area contributed by atoms with Crippen LogP contribution in [0.25, 0.3) is 10.8 Å². The van der Waals surface area contributed by atoms with Crippen LogP contribution in [0, 0.1) is 5.92 Å². The first-order chi connectivity index (χ1) is 36.1. The Bertz CT molecular complexity index is 2580. The Labute approximate surface area is 440 Å². The molecule has 26 heteroatoms. The van der Waals surface area contributed by atoms with Gasteiger partial charge in [0, 0.05) is 64.0 Å². The van der Waals surface area contributed by atoms with Crippen molar-refractivity contribution in [2.45, 2.75) is 107 Å². The zero-order chi connectivity index (χ0) is 56.2. The van der Waals surface area contributed by atoms with E-state index >= 15 is 0 Å². The molecule has 1 aliphatic heterocycles. The van der Waals surface area contributed by atoms with Crippen LogP contribution >= 0.6 is 0 Å². The average molecular weight is 1060 g/mol. The van der Waals surface area contributed by atoms with E-state index in [-0.39, 0.29) is 74.2 Å². The number of fused-ring (bicyclic) bond motifs is 1. The lowest BCUT2D eigenvalue weighted by molar-refractivity contribution is -0.136. The molecule has 0 bridgehead atoms. The summed E-state index contributed by atoms with van der Waals surface area (Å²) in [6.45, 7) is 3.11. The van der Waals surface area contributed by atoms with Gasteiger partial charge in [0.1, 0.15) is 41.7 Å². The highest BCUT2D eigenvalue weighted by molar-refractivity contribution is 6.05. The van der Waals surface area contributed by atoms with Gasteiger partial charge < -0.3 is 91.1 Å². The SMILES string of the molecule is C/C=C1\NC(=O)C(NC(=O)c2cc(C(=O)Cc3cccc4ccccc34)cn2C)C(O)CNC(=O)C(C(O)CN)NC(=O)C(C(O)CN)NC(=O)[C@H](CCCN=C(N)N)NC[C@H](CC(C)C)NC(=O)[C@H](CCN)NC1=O. The molecule has 0 aliphatic carbocycles. The number of hydrogen-bond acceptors (Lipinski definition) is 16. The Balaban J connectivity index is 1.74. The second kappa shape index (κ2) is 29.7. The van der Waals surface area contributed by atoms with Crippen LogP contribution in [0.15, 0.2) is 71.5 Å². The normalized spacial score (nSPS) is 23.3. The smallest absolute Gasteiger partial charge is 0.268 e. The molecule has 21 N–H and O–H groups in total. The fourth-order valence-electron chi connectivity index (χ4n) is 8.41. The van der Waals surface area contributed by atoms with E-state index in [0.717, 1.165) is 16.3 Å². The predicted molar refractivity (Wildman–Crippen MR) is 282 cm³/mol. The summed E-state index contributed by atoms with van der Waals surface area (Å²) in [6, 6.07) is 5.55. The minimum Gasteiger partial charge on any atom is -0.389 e. The molecule has 9 atom stereocenters. The highest BCUT2D eigenvalue weighted by atomic mass is 16.3. The number of nitrogens with zero attached hydrogens (tertiary/aromatic N) is 2. The number of aliphatic hydroxyl groups is 3. The van der Waals surface area contributed by atoms with Crippen molar-refractivity contribution in [1.82, 2.24) is 47.1 Å². The fourth-order valence-corrected chi connectivity index (χ4v) is 8.41. The van der Waals surface area contributed by atoms with E-state index in [1.807, 2.05) is 56.3 Å². The topological polar surface area (TPSA) is 441 Å². The Kier molecular flexibility index (Phi) is 23.9. The number of guanidine groups is 1. The quantitative estimate of drug-likeness (QED) is 0.0198. The molecule has 3 aromatic rings. The maximum Gasteiger partial charge on any atom is 0.268 e. The summed E-state index contributed by atoms with van der Waals surface area (Å²) in [6.07, 6.45) is -2.43. The van der Waals surface area contributed by atoms with Gasteiger partial charge in [-0.25, -0.2) is 0 Å². The number of benzene rings is 2. The van der Waals surface area contributed by atoms with E-state index in [9.17, 15) is 53.7 Å². The Morgan fingerprint density at radius 2 is 1.47 bits per heavy atom. The number of carbonyl (C=O) groups excluding carboxylic acids is 8. The number of rotatable bonds is 17. The first kappa shape index (κ1) is 61.2. The van der Waals surface area contributed by atoms with Crippen LogP contribution in [0.4, 0.5) is 0 Å².